The van der Waals surface area contributed by atoms with Gasteiger partial charge in [0.1, 0.15) is 0 Å². The van der Waals surface area contributed by atoms with Crippen molar-refractivity contribution in [3.8, 4) is 11.5 Å². The lowest BCUT2D eigenvalue weighted by Gasteiger charge is -2.14. The summed E-state index contributed by atoms with van der Waals surface area (Å²) in [5.41, 5.74) is 1.91. The van der Waals surface area contributed by atoms with Crippen LogP contribution in [0.15, 0.2) is 30.3 Å². The quantitative estimate of drug-likeness (QED) is 0.623. The minimum atomic E-state index is -0.351. The van der Waals surface area contributed by atoms with Gasteiger partial charge in [0.05, 0.1) is 20.8 Å². The molecule has 0 heterocycles. The summed E-state index contributed by atoms with van der Waals surface area (Å²) in [6.45, 7) is 4.13. The monoisotopic (exact) mass is 300 g/mol. The third-order valence-electron chi connectivity index (χ3n) is 3.37. The first-order valence-electron chi connectivity index (χ1n) is 7.10. The molecular weight excluding hydrogens is 280 g/mol. The van der Waals surface area contributed by atoms with Crippen molar-refractivity contribution in [2.45, 2.75) is 13.8 Å². The lowest BCUT2D eigenvalue weighted by atomic mass is 10.0. The van der Waals surface area contributed by atoms with E-state index in [1.54, 1.807) is 27.2 Å². The van der Waals surface area contributed by atoms with Gasteiger partial charge in [-0.05, 0) is 48.6 Å². The zero-order chi connectivity index (χ0) is 16.1. The molecule has 0 spiro atoms. The Labute approximate surface area is 130 Å². The van der Waals surface area contributed by atoms with Gasteiger partial charge < -0.3 is 14.2 Å². The second-order valence-electron chi connectivity index (χ2n) is 4.83. The molecule has 0 aliphatic carbocycles. The van der Waals surface area contributed by atoms with Crippen LogP contribution in [0.5, 0.6) is 11.5 Å². The highest BCUT2D eigenvalue weighted by atomic mass is 16.5. The Morgan fingerprint density at radius 2 is 1.86 bits per heavy atom. The average molecular weight is 300 g/mol. The molecule has 0 aliphatic rings. The van der Waals surface area contributed by atoms with Crippen molar-refractivity contribution < 1.29 is 19.0 Å². The van der Waals surface area contributed by atoms with Gasteiger partial charge in [0.2, 0.25) is 0 Å². The molecular formula is C18H20O4. The van der Waals surface area contributed by atoms with Crippen molar-refractivity contribution in [1.29, 1.82) is 0 Å². The van der Waals surface area contributed by atoms with Crippen molar-refractivity contribution in [2.24, 2.45) is 0 Å². The van der Waals surface area contributed by atoms with Gasteiger partial charge in [0.25, 0.3) is 0 Å². The number of hydrogen-bond acceptors (Lipinski definition) is 4. The number of carbonyl (C=O) groups excluding carboxylic acids is 1. The third-order valence-corrected chi connectivity index (χ3v) is 3.37. The molecule has 116 valence electrons. The fourth-order valence-electron chi connectivity index (χ4n) is 2.41. The van der Waals surface area contributed by atoms with Crippen molar-refractivity contribution in [2.75, 3.05) is 20.8 Å². The van der Waals surface area contributed by atoms with Crippen LogP contribution in [0.25, 0.3) is 16.8 Å². The Morgan fingerprint density at radius 1 is 1.14 bits per heavy atom. The van der Waals surface area contributed by atoms with Crippen molar-refractivity contribution in [3.63, 3.8) is 0 Å². The fraction of sp³-hybridized carbons (Fsp3) is 0.278. The van der Waals surface area contributed by atoms with Crippen LogP contribution in [-0.4, -0.2) is 26.8 Å². The second kappa shape index (κ2) is 6.98. The normalized spacial score (nSPS) is 10.9. The summed E-state index contributed by atoms with van der Waals surface area (Å²) in [6, 6.07) is 7.96. The average Bonchev–Trinajstić information content (AvgIpc) is 2.51. The van der Waals surface area contributed by atoms with Crippen LogP contribution in [0, 0.1) is 6.92 Å². The van der Waals surface area contributed by atoms with Crippen molar-refractivity contribution >= 4 is 22.8 Å². The minimum absolute atomic E-state index is 0.351. The maximum absolute atomic E-state index is 11.4. The zero-order valence-electron chi connectivity index (χ0n) is 13.3. The molecule has 22 heavy (non-hydrogen) atoms. The van der Waals surface area contributed by atoms with Crippen LogP contribution >= 0.6 is 0 Å². The summed E-state index contributed by atoms with van der Waals surface area (Å²) in [5, 5.41) is 2.00. The van der Waals surface area contributed by atoms with E-state index in [2.05, 4.69) is 6.07 Å². The molecule has 2 rings (SSSR count). The maximum Gasteiger partial charge on any atom is 0.330 e. The Balaban J connectivity index is 2.49. The molecule has 0 radical (unpaired) electrons. The van der Waals surface area contributed by atoms with E-state index in [9.17, 15) is 4.79 Å². The summed E-state index contributed by atoms with van der Waals surface area (Å²) >= 11 is 0. The molecule has 4 nitrogen and oxygen atoms in total. The smallest absolute Gasteiger partial charge is 0.330 e. The standard InChI is InChI=1S/C18H20O4/c1-5-22-16(19)9-7-13-6-8-14-10-12(2)17(20-3)18(21-4)15(14)11-13/h6-11H,5H2,1-4H3/b9-7+. The van der Waals surface area contributed by atoms with E-state index >= 15 is 0 Å². The van der Waals surface area contributed by atoms with Crippen LogP contribution in [0.2, 0.25) is 0 Å². The molecule has 0 fully saturated rings. The number of rotatable bonds is 5. The van der Waals surface area contributed by atoms with Crippen LogP contribution in [0.4, 0.5) is 0 Å². The first kappa shape index (κ1) is 15.9. The molecule has 2 aromatic carbocycles. The molecule has 4 heteroatoms. The number of ether oxygens (including phenoxy) is 3. The van der Waals surface area contributed by atoms with E-state index < -0.39 is 0 Å². The fourth-order valence-corrected chi connectivity index (χ4v) is 2.41. The number of aryl methyl sites for hydroxylation is 1. The number of esters is 1. The van der Waals surface area contributed by atoms with E-state index in [0.29, 0.717) is 12.4 Å². The molecule has 0 amide bonds. The van der Waals surface area contributed by atoms with Crippen molar-refractivity contribution in [3.05, 3.63) is 41.5 Å². The third kappa shape index (κ3) is 3.22. The van der Waals surface area contributed by atoms with Crippen LogP contribution in [-0.2, 0) is 9.53 Å². The molecule has 0 saturated carbocycles. The molecule has 0 saturated heterocycles. The van der Waals surface area contributed by atoms with Gasteiger partial charge >= 0.3 is 5.97 Å². The first-order valence-corrected chi connectivity index (χ1v) is 7.10. The second-order valence-corrected chi connectivity index (χ2v) is 4.83. The number of benzene rings is 2. The Kier molecular flexibility index (Phi) is 5.04. The number of fused-ring (bicyclic) bond motifs is 1. The summed E-state index contributed by atoms with van der Waals surface area (Å²) in [7, 11) is 3.25. The van der Waals surface area contributed by atoms with Gasteiger partial charge in [-0.2, -0.15) is 0 Å². The van der Waals surface area contributed by atoms with Gasteiger partial charge in [0, 0.05) is 11.5 Å². The Morgan fingerprint density at radius 3 is 2.50 bits per heavy atom. The summed E-state index contributed by atoms with van der Waals surface area (Å²) in [5.74, 6) is 1.07. The molecule has 2 aromatic rings. The zero-order valence-corrected chi connectivity index (χ0v) is 13.3. The number of carbonyl (C=O) groups is 1. The van der Waals surface area contributed by atoms with Crippen molar-refractivity contribution in [1.82, 2.24) is 0 Å². The highest BCUT2D eigenvalue weighted by molar-refractivity contribution is 5.94. The molecule has 0 N–H and O–H groups in total. The van der Waals surface area contributed by atoms with Gasteiger partial charge in [0.15, 0.2) is 11.5 Å². The predicted octanol–water partition coefficient (Wildman–Crippen LogP) is 3.74. The van der Waals surface area contributed by atoms with Crippen LogP contribution in [0.3, 0.4) is 0 Å². The number of methoxy groups -OCH3 is 2. The molecule has 0 unspecified atom stereocenters. The molecule has 0 atom stereocenters. The van der Waals surface area contributed by atoms with Crippen LogP contribution < -0.4 is 9.47 Å². The summed E-state index contributed by atoms with van der Waals surface area (Å²) < 4.78 is 15.8. The lowest BCUT2D eigenvalue weighted by molar-refractivity contribution is -0.137. The van der Waals surface area contributed by atoms with E-state index in [1.807, 2.05) is 25.1 Å². The summed E-state index contributed by atoms with van der Waals surface area (Å²) in [6.07, 6.45) is 3.14. The minimum Gasteiger partial charge on any atom is -0.493 e. The molecule has 0 bridgehead atoms. The molecule has 0 aromatic heterocycles. The predicted molar refractivity (Wildman–Crippen MR) is 87.5 cm³/mol. The highest BCUT2D eigenvalue weighted by Crippen LogP contribution is 2.38. The van der Waals surface area contributed by atoms with E-state index in [0.717, 1.165) is 27.6 Å². The Hall–Kier alpha value is -2.49. The van der Waals surface area contributed by atoms with E-state index in [1.165, 1.54) is 6.08 Å². The largest absolute Gasteiger partial charge is 0.493 e. The van der Waals surface area contributed by atoms with Gasteiger partial charge in [-0.3, -0.25) is 0 Å². The summed E-state index contributed by atoms with van der Waals surface area (Å²) in [4.78, 5) is 11.4. The topological polar surface area (TPSA) is 44.8 Å². The molecule has 0 aliphatic heterocycles. The van der Waals surface area contributed by atoms with Gasteiger partial charge in [-0.1, -0.05) is 12.1 Å². The first-order chi connectivity index (χ1) is 10.6. The Bertz CT molecular complexity index is 717. The number of hydrogen-bond donors (Lipinski definition) is 0. The highest BCUT2D eigenvalue weighted by Gasteiger charge is 2.12. The van der Waals surface area contributed by atoms with E-state index in [4.69, 9.17) is 14.2 Å². The SMILES string of the molecule is CCOC(=O)/C=C/c1ccc2cc(C)c(OC)c(OC)c2c1. The van der Waals surface area contributed by atoms with Gasteiger partial charge in [-0.15, -0.1) is 0 Å². The maximum atomic E-state index is 11.4. The van der Waals surface area contributed by atoms with Crippen LogP contribution in [0.1, 0.15) is 18.1 Å². The van der Waals surface area contributed by atoms with Gasteiger partial charge in [-0.25, -0.2) is 4.79 Å². The van der Waals surface area contributed by atoms with E-state index in [-0.39, 0.29) is 5.97 Å². The lowest BCUT2D eigenvalue weighted by Crippen LogP contribution is -1.98.